The minimum atomic E-state index is -0.392. The lowest BCUT2D eigenvalue weighted by atomic mass is 10.1. The van der Waals surface area contributed by atoms with E-state index in [-0.39, 0.29) is 5.91 Å². The highest BCUT2D eigenvalue weighted by atomic mass is 79.9. The van der Waals surface area contributed by atoms with Crippen LogP contribution < -0.4 is 0 Å². The maximum absolute atomic E-state index is 13.1. The molecule has 1 aliphatic heterocycles. The zero-order valence-electron chi connectivity index (χ0n) is 14.5. The van der Waals surface area contributed by atoms with Crippen molar-refractivity contribution in [2.75, 3.05) is 13.1 Å². The Bertz CT molecular complexity index is 926. The highest BCUT2D eigenvalue weighted by Crippen LogP contribution is 2.38. The summed E-state index contributed by atoms with van der Waals surface area (Å²) in [7, 11) is 0. The maximum Gasteiger partial charge on any atom is 0.277 e. The Kier molecular flexibility index (Phi) is 5.59. The van der Waals surface area contributed by atoms with Crippen LogP contribution in [0.3, 0.4) is 0 Å². The Labute approximate surface area is 170 Å². The first-order valence-corrected chi connectivity index (χ1v) is 10.5. The van der Waals surface area contributed by atoms with Gasteiger partial charge < -0.3 is 9.32 Å². The Morgan fingerprint density at radius 2 is 1.74 bits per heavy atom. The highest BCUT2D eigenvalue weighted by Gasteiger charge is 2.30. The topological polar surface area (TPSA) is 59.2 Å². The molecule has 2 aromatic carbocycles. The summed E-state index contributed by atoms with van der Waals surface area (Å²) in [6, 6.07) is 17.5. The molecule has 0 radical (unpaired) electrons. The molecule has 1 amide bonds. The summed E-state index contributed by atoms with van der Waals surface area (Å²) in [5, 5.41) is 8.32. The molecule has 1 aromatic heterocycles. The number of benzene rings is 2. The summed E-state index contributed by atoms with van der Waals surface area (Å²) >= 11 is 4.81. The summed E-state index contributed by atoms with van der Waals surface area (Å²) in [6.45, 7) is 1.63. The molecular weight excluding hydrogens is 426 g/mol. The van der Waals surface area contributed by atoms with Crippen LogP contribution in [-0.2, 0) is 4.79 Å². The van der Waals surface area contributed by atoms with E-state index in [9.17, 15) is 4.79 Å². The average molecular weight is 444 g/mol. The van der Waals surface area contributed by atoms with Crippen molar-refractivity contribution in [1.29, 1.82) is 0 Å². The predicted molar refractivity (Wildman–Crippen MR) is 108 cm³/mol. The van der Waals surface area contributed by atoms with Crippen LogP contribution in [-0.4, -0.2) is 34.1 Å². The summed E-state index contributed by atoms with van der Waals surface area (Å²) < 4.78 is 6.74. The van der Waals surface area contributed by atoms with Gasteiger partial charge in [0.2, 0.25) is 11.8 Å². The smallest absolute Gasteiger partial charge is 0.277 e. The van der Waals surface area contributed by atoms with Crippen LogP contribution in [0.2, 0.25) is 0 Å². The average Bonchev–Trinajstić information content (AvgIpc) is 3.39. The molecule has 27 heavy (non-hydrogen) atoms. The largest absolute Gasteiger partial charge is 0.411 e. The molecular formula is C20H18BrN3O2S. The van der Waals surface area contributed by atoms with Crippen molar-refractivity contribution in [3.05, 3.63) is 64.6 Å². The third-order valence-corrected chi connectivity index (χ3v) is 6.24. The molecule has 5 nitrogen and oxygen atoms in total. The Hall–Kier alpha value is -2.12. The molecule has 7 heteroatoms. The predicted octanol–water partition coefficient (Wildman–Crippen LogP) is 4.95. The normalized spacial score (nSPS) is 15.1. The minimum absolute atomic E-state index is 0.101. The number of hydrogen-bond acceptors (Lipinski definition) is 5. The maximum atomic E-state index is 13.1. The van der Waals surface area contributed by atoms with Gasteiger partial charge in [0.15, 0.2) is 0 Å². The van der Waals surface area contributed by atoms with Crippen molar-refractivity contribution in [1.82, 2.24) is 15.1 Å². The zero-order chi connectivity index (χ0) is 18.6. The molecule has 0 aliphatic carbocycles. The van der Waals surface area contributed by atoms with Gasteiger partial charge in [-0.15, -0.1) is 10.2 Å². The molecule has 0 N–H and O–H groups in total. The minimum Gasteiger partial charge on any atom is -0.411 e. The fourth-order valence-electron chi connectivity index (χ4n) is 3.09. The second-order valence-corrected chi connectivity index (χ2v) is 8.20. The van der Waals surface area contributed by atoms with Crippen LogP contribution in [0, 0.1) is 0 Å². The van der Waals surface area contributed by atoms with Crippen LogP contribution in [0.5, 0.6) is 0 Å². The number of halogens is 1. The number of thioether (sulfide) groups is 1. The number of carbonyl (C=O) groups excluding carboxylic acids is 1. The van der Waals surface area contributed by atoms with Crippen LogP contribution in [0.4, 0.5) is 0 Å². The summed E-state index contributed by atoms with van der Waals surface area (Å²) in [4.78, 5) is 15.0. The third-order valence-electron chi connectivity index (χ3n) is 4.47. The third kappa shape index (κ3) is 4.09. The number of rotatable bonds is 5. The molecule has 1 atom stereocenters. The first kappa shape index (κ1) is 18.3. The van der Waals surface area contributed by atoms with E-state index in [1.807, 2.05) is 59.5 Å². The van der Waals surface area contributed by atoms with Gasteiger partial charge in [0, 0.05) is 17.6 Å². The van der Waals surface area contributed by atoms with Crippen molar-refractivity contribution >= 4 is 33.6 Å². The van der Waals surface area contributed by atoms with E-state index in [1.165, 1.54) is 11.8 Å². The van der Waals surface area contributed by atoms with Crippen LogP contribution >= 0.6 is 27.7 Å². The molecule has 0 unspecified atom stereocenters. The monoisotopic (exact) mass is 443 g/mol. The lowest BCUT2D eigenvalue weighted by Crippen LogP contribution is -2.31. The lowest BCUT2D eigenvalue weighted by molar-refractivity contribution is -0.129. The second-order valence-electron chi connectivity index (χ2n) is 6.29. The van der Waals surface area contributed by atoms with Crippen LogP contribution in [0.15, 0.2) is 68.7 Å². The SMILES string of the molecule is O=C([C@H](Sc1nnc(-c2ccccc2Br)o1)c1ccccc1)N1CCCC1. The molecule has 2 heterocycles. The highest BCUT2D eigenvalue weighted by molar-refractivity contribution is 9.10. The van der Waals surface area contributed by atoms with E-state index in [0.717, 1.165) is 41.5 Å². The Balaban J connectivity index is 1.60. The fraction of sp³-hybridized carbons (Fsp3) is 0.250. The molecule has 1 fully saturated rings. The number of amides is 1. The number of aromatic nitrogens is 2. The summed E-state index contributed by atoms with van der Waals surface area (Å²) in [5.74, 6) is 0.537. The Morgan fingerprint density at radius 3 is 2.48 bits per heavy atom. The quantitative estimate of drug-likeness (QED) is 0.521. The first-order chi connectivity index (χ1) is 13.2. The second kappa shape index (κ2) is 8.27. The molecule has 1 aliphatic rings. The van der Waals surface area contributed by atoms with Crippen LogP contribution in [0.25, 0.3) is 11.5 Å². The molecule has 0 bridgehead atoms. The van der Waals surface area contributed by atoms with E-state index >= 15 is 0 Å². The van der Waals surface area contributed by atoms with E-state index in [0.29, 0.717) is 11.1 Å². The number of nitrogens with zero attached hydrogens (tertiary/aromatic N) is 3. The van der Waals surface area contributed by atoms with Gasteiger partial charge in [-0.25, -0.2) is 0 Å². The van der Waals surface area contributed by atoms with Gasteiger partial charge >= 0.3 is 0 Å². The molecule has 3 aromatic rings. The van der Waals surface area contributed by atoms with Crippen molar-refractivity contribution in [3.8, 4) is 11.5 Å². The number of carbonyl (C=O) groups is 1. The van der Waals surface area contributed by atoms with E-state index in [2.05, 4.69) is 26.1 Å². The summed E-state index contributed by atoms with van der Waals surface area (Å²) in [6.07, 6.45) is 2.12. The molecule has 138 valence electrons. The Morgan fingerprint density at radius 1 is 1.04 bits per heavy atom. The fourth-order valence-corrected chi connectivity index (χ4v) is 4.51. The number of likely N-dealkylation sites (tertiary alicyclic amines) is 1. The standard InChI is InChI=1S/C20H18BrN3O2S/c21-16-11-5-4-10-15(16)18-22-23-20(26-18)27-17(14-8-2-1-3-9-14)19(25)24-12-6-7-13-24/h1-5,8-11,17H,6-7,12-13H2/t17-/m1/s1. The van der Waals surface area contributed by atoms with Crippen LogP contribution in [0.1, 0.15) is 23.7 Å². The first-order valence-electron chi connectivity index (χ1n) is 8.81. The summed E-state index contributed by atoms with van der Waals surface area (Å²) in [5.41, 5.74) is 1.78. The van der Waals surface area contributed by atoms with E-state index in [1.54, 1.807) is 0 Å². The van der Waals surface area contributed by atoms with Gasteiger partial charge in [-0.3, -0.25) is 4.79 Å². The lowest BCUT2D eigenvalue weighted by Gasteiger charge is -2.22. The van der Waals surface area contributed by atoms with Gasteiger partial charge in [0.1, 0.15) is 5.25 Å². The van der Waals surface area contributed by atoms with Crippen molar-refractivity contribution in [2.45, 2.75) is 23.3 Å². The van der Waals surface area contributed by atoms with Gasteiger partial charge in [-0.1, -0.05) is 42.5 Å². The van der Waals surface area contributed by atoms with E-state index in [4.69, 9.17) is 4.42 Å². The molecule has 1 saturated heterocycles. The van der Waals surface area contributed by atoms with Crippen molar-refractivity contribution < 1.29 is 9.21 Å². The molecule has 0 saturated carbocycles. The zero-order valence-corrected chi connectivity index (χ0v) is 16.9. The molecule has 0 spiro atoms. The van der Waals surface area contributed by atoms with Crippen molar-refractivity contribution in [2.24, 2.45) is 0 Å². The number of hydrogen-bond donors (Lipinski definition) is 0. The van der Waals surface area contributed by atoms with E-state index < -0.39 is 5.25 Å². The van der Waals surface area contributed by atoms with Crippen molar-refractivity contribution in [3.63, 3.8) is 0 Å². The van der Waals surface area contributed by atoms with Gasteiger partial charge in [-0.2, -0.15) is 0 Å². The van der Waals surface area contributed by atoms with Gasteiger partial charge in [-0.05, 0) is 58.2 Å². The van der Waals surface area contributed by atoms with Gasteiger partial charge in [0.25, 0.3) is 5.22 Å². The molecule has 4 rings (SSSR count). The van der Waals surface area contributed by atoms with Gasteiger partial charge in [0.05, 0.1) is 5.56 Å².